The Hall–Kier alpha value is -3.74. The molecule has 2 N–H and O–H groups in total. The van der Waals surface area contributed by atoms with E-state index in [1.54, 1.807) is 41.8 Å². The van der Waals surface area contributed by atoms with Crippen molar-refractivity contribution in [2.45, 2.75) is 16.7 Å². The maximum atomic E-state index is 12.9. The lowest BCUT2D eigenvalue weighted by Gasteiger charge is -2.20. The van der Waals surface area contributed by atoms with Crippen molar-refractivity contribution < 1.29 is 21.6 Å². The topological polar surface area (TPSA) is 126 Å². The molecular formula is C24H22N4O5S3. The summed E-state index contributed by atoms with van der Waals surface area (Å²) in [5.41, 5.74) is 2.06. The van der Waals surface area contributed by atoms with E-state index in [1.165, 1.54) is 49.6 Å². The van der Waals surface area contributed by atoms with E-state index in [1.807, 2.05) is 6.92 Å². The van der Waals surface area contributed by atoms with E-state index >= 15 is 0 Å². The highest BCUT2D eigenvalue weighted by Crippen LogP contribution is 2.24. The fourth-order valence-electron chi connectivity index (χ4n) is 3.20. The van der Waals surface area contributed by atoms with Crippen LogP contribution >= 0.6 is 11.3 Å². The van der Waals surface area contributed by atoms with Gasteiger partial charge in [-0.2, -0.15) is 0 Å². The van der Waals surface area contributed by atoms with Crippen molar-refractivity contribution >= 4 is 53.8 Å². The van der Waals surface area contributed by atoms with Crippen molar-refractivity contribution in [3.63, 3.8) is 0 Å². The van der Waals surface area contributed by atoms with Gasteiger partial charge in [0.15, 0.2) is 5.13 Å². The van der Waals surface area contributed by atoms with Crippen LogP contribution in [0.2, 0.25) is 0 Å². The maximum Gasteiger partial charge on any atom is 0.264 e. The van der Waals surface area contributed by atoms with Crippen molar-refractivity contribution in [2.24, 2.45) is 0 Å². The number of nitrogens with zero attached hydrogens (tertiary/aromatic N) is 2. The summed E-state index contributed by atoms with van der Waals surface area (Å²) in [5, 5.41) is 4.61. The smallest absolute Gasteiger partial charge is 0.264 e. The normalized spacial score (nSPS) is 11.6. The minimum Gasteiger partial charge on any atom is -0.322 e. The van der Waals surface area contributed by atoms with E-state index in [2.05, 4.69) is 15.0 Å². The summed E-state index contributed by atoms with van der Waals surface area (Å²) in [7, 11) is -6.10. The molecule has 186 valence electrons. The molecule has 0 saturated heterocycles. The van der Waals surface area contributed by atoms with E-state index in [0.717, 1.165) is 21.2 Å². The number of sulfonamides is 2. The predicted octanol–water partition coefficient (Wildman–Crippen LogP) is 4.33. The number of aromatic nitrogens is 1. The first-order chi connectivity index (χ1) is 17.1. The number of nitrogens with one attached hydrogen (secondary N) is 2. The van der Waals surface area contributed by atoms with E-state index in [0.29, 0.717) is 16.9 Å². The number of rotatable bonds is 8. The van der Waals surface area contributed by atoms with Crippen LogP contribution in [0.15, 0.2) is 94.2 Å². The molecule has 4 aromatic rings. The zero-order valence-electron chi connectivity index (χ0n) is 19.2. The first kappa shape index (κ1) is 25.4. The van der Waals surface area contributed by atoms with Gasteiger partial charge >= 0.3 is 0 Å². The summed E-state index contributed by atoms with van der Waals surface area (Å²) in [6.45, 7) is 1.88. The van der Waals surface area contributed by atoms with Crippen LogP contribution in [0.25, 0.3) is 0 Å². The van der Waals surface area contributed by atoms with Crippen LogP contribution in [0.3, 0.4) is 0 Å². The Labute approximate surface area is 213 Å². The number of aryl methyl sites for hydroxylation is 1. The number of amides is 1. The molecule has 0 spiro atoms. The molecule has 1 aromatic heterocycles. The average molecular weight is 543 g/mol. The Kier molecular flexibility index (Phi) is 7.11. The highest BCUT2D eigenvalue weighted by Gasteiger charge is 2.21. The zero-order valence-corrected chi connectivity index (χ0v) is 21.7. The second-order valence-corrected chi connectivity index (χ2v) is 12.3. The van der Waals surface area contributed by atoms with Gasteiger partial charge in [0.25, 0.3) is 26.0 Å². The minimum atomic E-state index is -3.80. The largest absolute Gasteiger partial charge is 0.322 e. The maximum absolute atomic E-state index is 12.9. The average Bonchev–Trinajstić information content (AvgIpc) is 3.36. The molecule has 0 fully saturated rings. The predicted molar refractivity (Wildman–Crippen MR) is 141 cm³/mol. The van der Waals surface area contributed by atoms with E-state index < -0.39 is 26.0 Å². The third-order valence-corrected chi connectivity index (χ3v) is 9.22. The molecule has 9 nitrogen and oxygen atoms in total. The van der Waals surface area contributed by atoms with Crippen LogP contribution in [0.1, 0.15) is 15.9 Å². The molecule has 3 aromatic carbocycles. The van der Waals surface area contributed by atoms with E-state index in [4.69, 9.17) is 0 Å². The number of carbonyl (C=O) groups excluding carboxylic acids is 1. The Morgan fingerprint density at radius 1 is 0.861 bits per heavy atom. The summed E-state index contributed by atoms with van der Waals surface area (Å²) >= 11 is 1.16. The Bertz CT molecular complexity index is 1570. The number of thiazole rings is 1. The molecule has 0 aliphatic rings. The molecular weight excluding hydrogens is 520 g/mol. The standard InChI is InChI=1S/C24H22N4O5S3/c1-17-3-11-22(12-4-17)36(32,33)28(2)20-9-5-18(6-10-20)23(29)26-19-7-13-21(14-8-19)35(30,31)27-24-25-15-16-34-24/h3-16H,1-2H3,(H,25,27)(H,26,29). The lowest BCUT2D eigenvalue weighted by atomic mass is 10.2. The summed E-state index contributed by atoms with van der Waals surface area (Å²) < 4.78 is 54.2. The van der Waals surface area contributed by atoms with Crippen molar-refractivity contribution in [1.82, 2.24) is 4.98 Å². The number of benzene rings is 3. The van der Waals surface area contributed by atoms with Crippen LogP contribution in [0, 0.1) is 6.92 Å². The van der Waals surface area contributed by atoms with Crippen LogP contribution < -0.4 is 14.3 Å². The molecule has 0 radical (unpaired) electrons. The van der Waals surface area contributed by atoms with Gasteiger partial charge in [-0.25, -0.2) is 21.8 Å². The van der Waals surface area contributed by atoms with Crippen LogP contribution in [0.5, 0.6) is 0 Å². The first-order valence-corrected chi connectivity index (χ1v) is 14.4. The van der Waals surface area contributed by atoms with Gasteiger partial charge in [-0.3, -0.25) is 13.8 Å². The molecule has 36 heavy (non-hydrogen) atoms. The van der Waals surface area contributed by atoms with Gasteiger partial charge < -0.3 is 5.32 Å². The molecule has 0 unspecified atom stereocenters. The molecule has 12 heteroatoms. The highest BCUT2D eigenvalue weighted by molar-refractivity contribution is 7.93. The number of hydrogen-bond donors (Lipinski definition) is 2. The lowest BCUT2D eigenvalue weighted by Crippen LogP contribution is -2.26. The lowest BCUT2D eigenvalue weighted by molar-refractivity contribution is 0.102. The minimum absolute atomic E-state index is 0.0258. The number of anilines is 3. The molecule has 0 atom stereocenters. The van der Waals surface area contributed by atoms with E-state index in [-0.39, 0.29) is 14.9 Å². The van der Waals surface area contributed by atoms with Gasteiger partial charge in [0.1, 0.15) is 0 Å². The second-order valence-electron chi connectivity index (χ2n) is 7.75. The molecule has 0 aliphatic carbocycles. The summed E-state index contributed by atoms with van der Waals surface area (Å²) in [6.07, 6.45) is 1.49. The Morgan fingerprint density at radius 3 is 2.06 bits per heavy atom. The summed E-state index contributed by atoms with van der Waals surface area (Å²) in [4.78, 5) is 16.8. The molecule has 4 rings (SSSR count). The highest BCUT2D eigenvalue weighted by atomic mass is 32.2. The molecule has 0 aliphatic heterocycles. The van der Waals surface area contributed by atoms with Gasteiger partial charge in [0, 0.05) is 29.9 Å². The van der Waals surface area contributed by atoms with Crippen molar-refractivity contribution in [2.75, 3.05) is 21.4 Å². The summed E-state index contributed by atoms with van der Waals surface area (Å²) in [6, 6.07) is 18.4. The van der Waals surface area contributed by atoms with Gasteiger partial charge in [-0.05, 0) is 67.6 Å². The van der Waals surface area contributed by atoms with Crippen molar-refractivity contribution in [3.8, 4) is 0 Å². The van der Waals surface area contributed by atoms with Crippen LogP contribution in [-0.2, 0) is 20.0 Å². The third kappa shape index (κ3) is 5.56. The van der Waals surface area contributed by atoms with Crippen LogP contribution in [0.4, 0.5) is 16.5 Å². The van der Waals surface area contributed by atoms with Crippen molar-refractivity contribution in [3.05, 3.63) is 95.5 Å². The van der Waals surface area contributed by atoms with E-state index in [9.17, 15) is 21.6 Å². The van der Waals surface area contributed by atoms with Crippen LogP contribution in [-0.4, -0.2) is 34.8 Å². The number of carbonyl (C=O) groups is 1. The summed E-state index contributed by atoms with van der Waals surface area (Å²) in [5.74, 6) is -0.429. The molecule has 1 amide bonds. The van der Waals surface area contributed by atoms with Gasteiger partial charge in [0.2, 0.25) is 0 Å². The SMILES string of the molecule is Cc1ccc(S(=O)(=O)N(C)c2ccc(C(=O)Nc3ccc(S(=O)(=O)Nc4nccs4)cc3)cc2)cc1. The third-order valence-electron chi connectivity index (χ3n) is 5.25. The first-order valence-electron chi connectivity index (χ1n) is 10.6. The van der Waals surface area contributed by atoms with Gasteiger partial charge in [0.05, 0.1) is 15.5 Å². The molecule has 0 bridgehead atoms. The van der Waals surface area contributed by atoms with Gasteiger partial charge in [-0.15, -0.1) is 11.3 Å². The fraction of sp³-hybridized carbons (Fsp3) is 0.0833. The fourth-order valence-corrected chi connectivity index (χ4v) is 6.18. The van der Waals surface area contributed by atoms with Crippen molar-refractivity contribution in [1.29, 1.82) is 0 Å². The monoisotopic (exact) mass is 542 g/mol. The quantitative estimate of drug-likeness (QED) is 0.341. The second kappa shape index (κ2) is 10.1. The Balaban J connectivity index is 1.43. The molecule has 0 saturated carbocycles. The zero-order chi connectivity index (χ0) is 25.9. The Morgan fingerprint density at radius 2 is 1.47 bits per heavy atom. The number of hydrogen-bond acceptors (Lipinski definition) is 7. The van der Waals surface area contributed by atoms with Gasteiger partial charge in [-0.1, -0.05) is 17.7 Å². The molecule has 1 heterocycles.